The molecule has 0 radical (unpaired) electrons. The number of carbonyl (C=O) groups excluding carboxylic acids is 1. The minimum absolute atomic E-state index is 0.0280. The zero-order valence-corrected chi connectivity index (χ0v) is 18.1. The molecular weight excluding hydrogens is 437 g/mol. The zero-order chi connectivity index (χ0) is 23.1. The summed E-state index contributed by atoms with van der Waals surface area (Å²) in [4.78, 5) is 13.7. The maximum Gasteiger partial charge on any atom is 0.259 e. The summed E-state index contributed by atoms with van der Waals surface area (Å²) in [6, 6.07) is 3.23. The summed E-state index contributed by atoms with van der Waals surface area (Å²) in [7, 11) is 0. The number of nitrogens with zero attached hydrogens (tertiary/aromatic N) is 3. The van der Waals surface area contributed by atoms with Crippen molar-refractivity contribution >= 4 is 23.0 Å². The number of fused-ring (bicyclic) bond motifs is 1. The molecule has 0 bridgehead atoms. The van der Waals surface area contributed by atoms with Crippen molar-refractivity contribution in [3.8, 4) is 0 Å². The fourth-order valence-electron chi connectivity index (χ4n) is 4.59. The number of anilines is 2. The minimum atomic E-state index is -2.63. The lowest BCUT2D eigenvalue weighted by Gasteiger charge is -2.27. The van der Waals surface area contributed by atoms with Crippen LogP contribution in [0.1, 0.15) is 36.2 Å². The van der Waals surface area contributed by atoms with Crippen molar-refractivity contribution in [1.29, 1.82) is 0 Å². The predicted octanol–water partition coefficient (Wildman–Crippen LogP) is 2.71. The molecule has 3 N–H and O–H groups in total. The lowest BCUT2D eigenvalue weighted by atomic mass is 10.0. The van der Waals surface area contributed by atoms with Gasteiger partial charge in [0.25, 0.3) is 6.43 Å². The van der Waals surface area contributed by atoms with Crippen LogP contribution in [0.2, 0.25) is 0 Å². The Bertz CT molecular complexity index is 1100. The van der Waals surface area contributed by atoms with Gasteiger partial charge in [-0.3, -0.25) is 9.48 Å². The van der Waals surface area contributed by atoms with Crippen LogP contribution in [-0.2, 0) is 22.5 Å². The predicted molar refractivity (Wildman–Crippen MR) is 115 cm³/mol. The third-order valence-electron chi connectivity index (χ3n) is 6.39. The largest absolute Gasteiger partial charge is 0.379 e. The number of hydrogen-bond acceptors (Lipinski definition) is 6. The van der Waals surface area contributed by atoms with E-state index in [2.05, 4.69) is 16.2 Å². The Hall–Kier alpha value is -3.05. The molecule has 8 nitrogen and oxygen atoms in total. The van der Waals surface area contributed by atoms with Gasteiger partial charge in [-0.1, -0.05) is 6.07 Å². The topological polar surface area (TPSA) is 83.5 Å². The monoisotopic (exact) mass is 462 g/mol. The fourth-order valence-corrected chi connectivity index (χ4v) is 4.59. The van der Waals surface area contributed by atoms with Gasteiger partial charge in [0.2, 0.25) is 5.91 Å². The maximum absolute atomic E-state index is 15.0. The Morgan fingerprint density at radius 2 is 2.21 bits per heavy atom. The van der Waals surface area contributed by atoms with Crippen molar-refractivity contribution in [3.63, 3.8) is 0 Å². The smallest absolute Gasteiger partial charge is 0.259 e. The Labute approximate surface area is 188 Å². The summed E-state index contributed by atoms with van der Waals surface area (Å²) in [5.74, 6) is -0.122. The minimum Gasteiger partial charge on any atom is -0.379 e. The molecular formula is C22H25F3N6O2. The van der Waals surface area contributed by atoms with E-state index in [4.69, 9.17) is 9.84 Å². The van der Waals surface area contributed by atoms with E-state index in [1.165, 1.54) is 25.3 Å². The van der Waals surface area contributed by atoms with E-state index in [1.807, 2.05) is 4.68 Å². The maximum atomic E-state index is 15.0. The molecule has 11 heteroatoms. The van der Waals surface area contributed by atoms with Gasteiger partial charge in [0.15, 0.2) is 5.82 Å². The Morgan fingerprint density at radius 3 is 2.91 bits per heavy atom. The molecule has 1 aromatic carbocycles. The van der Waals surface area contributed by atoms with Gasteiger partial charge in [0, 0.05) is 49.5 Å². The second-order valence-electron chi connectivity index (χ2n) is 8.45. The van der Waals surface area contributed by atoms with Crippen LogP contribution in [0.15, 0.2) is 24.4 Å². The number of hydrazine groups is 1. The number of nitrogens with one attached hydrogen (secondary N) is 3. The molecule has 0 aliphatic carbocycles. The van der Waals surface area contributed by atoms with Gasteiger partial charge in [-0.2, -0.15) is 5.10 Å². The first-order chi connectivity index (χ1) is 15.9. The average Bonchev–Trinajstić information content (AvgIpc) is 3.55. The van der Waals surface area contributed by atoms with Gasteiger partial charge in [-0.25, -0.2) is 18.6 Å². The van der Waals surface area contributed by atoms with Crippen LogP contribution in [0.25, 0.3) is 5.57 Å². The lowest BCUT2D eigenvalue weighted by molar-refractivity contribution is -0.129. The van der Waals surface area contributed by atoms with Crippen LogP contribution in [0, 0.1) is 5.82 Å². The second kappa shape index (κ2) is 8.71. The fraction of sp³-hybridized carbons (Fsp3) is 0.455. The first-order valence-corrected chi connectivity index (χ1v) is 10.9. The highest BCUT2D eigenvalue weighted by Gasteiger charge is 2.31. The van der Waals surface area contributed by atoms with E-state index in [9.17, 15) is 13.6 Å². The molecule has 0 spiro atoms. The quantitative estimate of drug-likeness (QED) is 0.634. The normalized spacial score (nSPS) is 22.3. The van der Waals surface area contributed by atoms with Gasteiger partial charge in [0.05, 0.1) is 24.9 Å². The molecule has 1 fully saturated rings. The molecule has 2 atom stereocenters. The molecule has 4 heterocycles. The highest BCUT2D eigenvalue weighted by Crippen LogP contribution is 2.34. The highest BCUT2D eigenvalue weighted by molar-refractivity contribution is 5.75. The number of aromatic nitrogens is 2. The average molecular weight is 462 g/mol. The molecule has 3 aliphatic heterocycles. The van der Waals surface area contributed by atoms with Crippen molar-refractivity contribution in [1.82, 2.24) is 25.5 Å². The number of hydrogen-bond donors (Lipinski definition) is 3. The number of carbonyl (C=O) groups is 1. The van der Waals surface area contributed by atoms with Crippen molar-refractivity contribution in [2.45, 2.75) is 44.8 Å². The van der Waals surface area contributed by atoms with E-state index in [1.54, 1.807) is 11.0 Å². The first kappa shape index (κ1) is 21.8. The van der Waals surface area contributed by atoms with E-state index in [0.717, 1.165) is 17.7 Å². The Morgan fingerprint density at radius 1 is 1.36 bits per heavy atom. The van der Waals surface area contributed by atoms with Crippen LogP contribution >= 0.6 is 0 Å². The van der Waals surface area contributed by atoms with Crippen molar-refractivity contribution in [2.24, 2.45) is 0 Å². The van der Waals surface area contributed by atoms with E-state index in [0.29, 0.717) is 44.1 Å². The third kappa shape index (κ3) is 4.06. The summed E-state index contributed by atoms with van der Waals surface area (Å²) in [5, 5.41) is 7.80. The van der Waals surface area contributed by atoms with Gasteiger partial charge in [0.1, 0.15) is 11.9 Å². The lowest BCUT2D eigenvalue weighted by Crippen LogP contribution is -2.37. The molecule has 1 amide bonds. The van der Waals surface area contributed by atoms with E-state index < -0.39 is 18.3 Å². The van der Waals surface area contributed by atoms with Crippen molar-refractivity contribution < 1.29 is 22.7 Å². The molecule has 5 rings (SSSR count). The standard InChI is InChI=1S/C22H25F3N6O2/c1-12(32)30-6-4-19-16(10-30)22(29-31(19)14-5-7-33-11-14)27-18-3-2-13(8-17(18)23)15-9-26-28-20(15)21(24)25/h2-3,8-9,14,20-21,26,28H,4-7,10-11H2,1H3,(H,27,29). The molecule has 2 aromatic rings. The van der Waals surface area contributed by atoms with Crippen LogP contribution in [-0.4, -0.2) is 52.8 Å². The van der Waals surface area contributed by atoms with Gasteiger partial charge in [-0.15, -0.1) is 0 Å². The van der Waals surface area contributed by atoms with Gasteiger partial charge < -0.3 is 20.4 Å². The molecule has 33 heavy (non-hydrogen) atoms. The van der Waals surface area contributed by atoms with Crippen molar-refractivity contribution in [3.05, 3.63) is 47.0 Å². The molecule has 1 saturated heterocycles. The first-order valence-electron chi connectivity index (χ1n) is 10.9. The molecule has 2 unspecified atom stereocenters. The van der Waals surface area contributed by atoms with Crippen LogP contribution < -0.4 is 16.2 Å². The molecule has 176 valence electrons. The van der Waals surface area contributed by atoms with E-state index >= 15 is 4.39 Å². The summed E-state index contributed by atoms with van der Waals surface area (Å²) in [6.45, 7) is 3.75. The summed E-state index contributed by atoms with van der Waals surface area (Å²) < 4.78 is 48.9. The Kier molecular flexibility index (Phi) is 5.75. The van der Waals surface area contributed by atoms with Crippen LogP contribution in [0.3, 0.4) is 0 Å². The summed E-state index contributed by atoms with van der Waals surface area (Å²) in [6.07, 6.45) is 0.281. The van der Waals surface area contributed by atoms with E-state index in [-0.39, 0.29) is 23.2 Å². The zero-order valence-electron chi connectivity index (χ0n) is 18.1. The number of ether oxygens (including phenoxy) is 1. The molecule has 3 aliphatic rings. The second-order valence-corrected chi connectivity index (χ2v) is 8.45. The Balaban J connectivity index is 1.45. The number of benzene rings is 1. The number of alkyl halides is 2. The SMILES string of the molecule is CC(=O)N1CCc2c(c(Nc3ccc(C4=CNNC4C(F)F)cc3F)nn2C2CCOC2)C1. The number of amides is 1. The number of rotatable bonds is 5. The van der Waals surface area contributed by atoms with Crippen LogP contribution in [0.5, 0.6) is 0 Å². The van der Waals surface area contributed by atoms with Crippen molar-refractivity contribution in [2.75, 3.05) is 25.1 Å². The number of halogens is 3. The molecule has 0 saturated carbocycles. The van der Waals surface area contributed by atoms with Crippen LogP contribution in [0.4, 0.5) is 24.7 Å². The third-order valence-corrected chi connectivity index (χ3v) is 6.39. The van der Waals surface area contributed by atoms with Gasteiger partial charge >= 0.3 is 0 Å². The summed E-state index contributed by atoms with van der Waals surface area (Å²) in [5.41, 5.74) is 7.75. The highest BCUT2D eigenvalue weighted by atomic mass is 19.3. The van der Waals surface area contributed by atoms with Gasteiger partial charge in [-0.05, 0) is 24.1 Å². The molecule has 1 aromatic heterocycles. The summed E-state index contributed by atoms with van der Waals surface area (Å²) >= 11 is 0.